The summed E-state index contributed by atoms with van der Waals surface area (Å²) in [5.41, 5.74) is 2.90. The maximum absolute atomic E-state index is 11.8. The van der Waals surface area contributed by atoms with Crippen molar-refractivity contribution in [3.8, 4) is 16.9 Å². The van der Waals surface area contributed by atoms with Crippen molar-refractivity contribution in [3.05, 3.63) is 29.8 Å². The van der Waals surface area contributed by atoms with E-state index >= 15 is 0 Å². The predicted molar refractivity (Wildman–Crippen MR) is 119 cm³/mol. The summed E-state index contributed by atoms with van der Waals surface area (Å²) < 4.78 is 24.1. The van der Waals surface area contributed by atoms with Crippen LogP contribution < -0.4 is 4.74 Å². The summed E-state index contributed by atoms with van der Waals surface area (Å²) in [6, 6.07) is 1.83. The Balaban J connectivity index is 1.90. The number of thioether (sulfide) groups is 1. The van der Waals surface area contributed by atoms with E-state index in [0.717, 1.165) is 22.5 Å². The molecule has 0 bridgehead atoms. The molecule has 10 nitrogen and oxygen atoms in total. The standard InChI is InChI=1S/C22H27N3O7S/c1-11-19(12(2)25(6)24-11)16-7-17(9-23-8-16)32-22-21(31-15(5)28)20(30-14(4)27)18(10-33-22)29-13(3)26/h7-9,18,20-22H,10H2,1-6H3/t18-,20+,21-,22+/m1/s1. The van der Waals surface area contributed by atoms with Gasteiger partial charge in [-0.15, -0.1) is 11.8 Å². The second-order valence-electron chi connectivity index (χ2n) is 7.69. The van der Waals surface area contributed by atoms with Crippen molar-refractivity contribution >= 4 is 29.7 Å². The number of aryl methyl sites for hydroxylation is 2. The van der Waals surface area contributed by atoms with E-state index in [-0.39, 0.29) is 5.75 Å². The van der Waals surface area contributed by atoms with Gasteiger partial charge in [0.2, 0.25) is 0 Å². The molecule has 2 aromatic rings. The average molecular weight is 478 g/mol. The molecular formula is C22H27N3O7S. The number of rotatable bonds is 6. The van der Waals surface area contributed by atoms with Gasteiger partial charge in [-0.1, -0.05) is 0 Å². The lowest BCUT2D eigenvalue weighted by Gasteiger charge is -2.39. The molecule has 1 aliphatic rings. The van der Waals surface area contributed by atoms with Crippen molar-refractivity contribution in [2.75, 3.05) is 5.75 Å². The first-order valence-corrected chi connectivity index (χ1v) is 11.4. The van der Waals surface area contributed by atoms with Crippen molar-refractivity contribution < 1.29 is 33.3 Å². The number of ether oxygens (including phenoxy) is 4. The van der Waals surface area contributed by atoms with Crippen LogP contribution in [0.4, 0.5) is 0 Å². The number of esters is 3. The molecule has 2 aromatic heterocycles. The number of hydrogen-bond acceptors (Lipinski definition) is 10. The molecule has 1 fully saturated rings. The number of carbonyl (C=O) groups is 3. The molecule has 0 spiro atoms. The molecule has 0 N–H and O–H groups in total. The normalized spacial score (nSPS) is 22.4. The minimum Gasteiger partial charge on any atom is -0.474 e. The van der Waals surface area contributed by atoms with Gasteiger partial charge in [-0.05, 0) is 19.9 Å². The first-order valence-electron chi connectivity index (χ1n) is 10.3. The number of aromatic nitrogens is 3. The summed E-state index contributed by atoms with van der Waals surface area (Å²) in [6.45, 7) is 7.63. The third-order valence-electron chi connectivity index (χ3n) is 5.07. The minimum atomic E-state index is -1.01. The molecule has 0 aromatic carbocycles. The number of hydrogen-bond donors (Lipinski definition) is 0. The van der Waals surface area contributed by atoms with Crippen LogP contribution in [0.5, 0.6) is 5.75 Å². The summed E-state index contributed by atoms with van der Waals surface area (Å²) in [7, 11) is 1.87. The highest BCUT2D eigenvalue weighted by Crippen LogP contribution is 2.35. The Hall–Kier alpha value is -3.08. The van der Waals surface area contributed by atoms with Gasteiger partial charge in [-0.3, -0.25) is 24.0 Å². The van der Waals surface area contributed by atoms with E-state index in [9.17, 15) is 14.4 Å². The summed E-state index contributed by atoms with van der Waals surface area (Å²) >= 11 is 1.29. The van der Waals surface area contributed by atoms with Gasteiger partial charge in [0.15, 0.2) is 23.7 Å². The van der Waals surface area contributed by atoms with Crippen molar-refractivity contribution in [2.45, 2.75) is 58.4 Å². The van der Waals surface area contributed by atoms with Gasteiger partial charge < -0.3 is 18.9 Å². The molecule has 11 heteroatoms. The number of pyridine rings is 1. The molecule has 3 rings (SSSR count). The van der Waals surface area contributed by atoms with Crippen molar-refractivity contribution in [2.24, 2.45) is 7.05 Å². The maximum Gasteiger partial charge on any atom is 0.303 e. The first-order chi connectivity index (χ1) is 15.6. The Kier molecular flexibility index (Phi) is 7.62. The van der Waals surface area contributed by atoms with E-state index in [1.54, 1.807) is 17.1 Å². The van der Waals surface area contributed by atoms with E-state index in [1.165, 1.54) is 32.5 Å². The van der Waals surface area contributed by atoms with Crippen molar-refractivity contribution in [3.63, 3.8) is 0 Å². The fraction of sp³-hybridized carbons (Fsp3) is 0.500. The van der Waals surface area contributed by atoms with E-state index < -0.39 is 41.7 Å². The van der Waals surface area contributed by atoms with Crippen LogP contribution in [0, 0.1) is 13.8 Å². The van der Waals surface area contributed by atoms with Crippen LogP contribution in [0.1, 0.15) is 32.2 Å². The lowest BCUT2D eigenvalue weighted by molar-refractivity contribution is -0.186. The second kappa shape index (κ2) is 10.2. The molecular weight excluding hydrogens is 450 g/mol. The van der Waals surface area contributed by atoms with Crippen LogP contribution >= 0.6 is 11.8 Å². The zero-order valence-electron chi connectivity index (χ0n) is 19.4. The zero-order valence-corrected chi connectivity index (χ0v) is 20.2. The Labute approximate surface area is 195 Å². The Morgan fingerprint density at radius 2 is 1.64 bits per heavy atom. The largest absolute Gasteiger partial charge is 0.474 e. The van der Waals surface area contributed by atoms with E-state index in [0.29, 0.717) is 5.75 Å². The van der Waals surface area contributed by atoms with Gasteiger partial charge >= 0.3 is 17.9 Å². The second-order valence-corrected chi connectivity index (χ2v) is 8.83. The Morgan fingerprint density at radius 1 is 1.00 bits per heavy atom. The minimum absolute atomic E-state index is 0.286. The Bertz CT molecular complexity index is 1050. The van der Waals surface area contributed by atoms with Gasteiger partial charge in [-0.25, -0.2) is 0 Å². The molecule has 33 heavy (non-hydrogen) atoms. The van der Waals surface area contributed by atoms with E-state index in [2.05, 4.69) is 10.1 Å². The maximum atomic E-state index is 11.8. The molecule has 0 amide bonds. The molecule has 0 saturated carbocycles. The molecule has 3 heterocycles. The molecule has 0 radical (unpaired) electrons. The molecule has 1 aliphatic heterocycles. The fourth-order valence-corrected chi connectivity index (χ4v) is 4.97. The van der Waals surface area contributed by atoms with Crippen LogP contribution in [0.15, 0.2) is 18.5 Å². The fourth-order valence-electron chi connectivity index (χ4n) is 3.76. The summed E-state index contributed by atoms with van der Waals surface area (Å²) in [6.07, 6.45) is 0.473. The lowest BCUT2D eigenvalue weighted by atomic mass is 10.1. The highest BCUT2D eigenvalue weighted by Gasteiger charge is 2.47. The molecule has 0 aliphatic carbocycles. The van der Waals surface area contributed by atoms with Crippen LogP contribution in [-0.4, -0.2) is 62.2 Å². The number of carbonyl (C=O) groups excluding carboxylic acids is 3. The zero-order chi connectivity index (χ0) is 24.3. The first kappa shape index (κ1) is 24.6. The molecule has 178 valence electrons. The third kappa shape index (κ3) is 5.84. The quantitative estimate of drug-likeness (QED) is 0.453. The molecule has 1 saturated heterocycles. The molecule has 0 unspecified atom stereocenters. The van der Waals surface area contributed by atoms with Gasteiger partial charge in [0.1, 0.15) is 5.75 Å². The topological polar surface area (TPSA) is 119 Å². The van der Waals surface area contributed by atoms with Gasteiger partial charge in [0.05, 0.1) is 11.9 Å². The van der Waals surface area contributed by atoms with Crippen LogP contribution in [-0.2, 0) is 35.6 Å². The highest BCUT2D eigenvalue weighted by molar-refractivity contribution is 7.99. The van der Waals surface area contributed by atoms with E-state index in [4.69, 9.17) is 18.9 Å². The summed E-state index contributed by atoms with van der Waals surface area (Å²) in [4.78, 5) is 39.4. The Morgan fingerprint density at radius 3 is 2.21 bits per heavy atom. The van der Waals surface area contributed by atoms with Gasteiger partial charge in [-0.2, -0.15) is 5.10 Å². The van der Waals surface area contributed by atoms with Crippen molar-refractivity contribution in [1.29, 1.82) is 0 Å². The van der Waals surface area contributed by atoms with Crippen LogP contribution in [0.3, 0.4) is 0 Å². The van der Waals surface area contributed by atoms with Gasteiger partial charge in [0.25, 0.3) is 0 Å². The van der Waals surface area contributed by atoms with Crippen LogP contribution in [0.25, 0.3) is 11.1 Å². The summed E-state index contributed by atoms with van der Waals surface area (Å²) in [5.74, 6) is -0.974. The van der Waals surface area contributed by atoms with Gasteiger partial charge in [0, 0.05) is 56.6 Å². The monoisotopic (exact) mass is 477 g/mol. The van der Waals surface area contributed by atoms with E-state index in [1.807, 2.05) is 27.0 Å². The lowest BCUT2D eigenvalue weighted by Crippen LogP contribution is -2.55. The van der Waals surface area contributed by atoms with Crippen molar-refractivity contribution in [1.82, 2.24) is 14.8 Å². The predicted octanol–water partition coefficient (Wildman–Crippen LogP) is 2.35. The third-order valence-corrected chi connectivity index (χ3v) is 6.28. The highest BCUT2D eigenvalue weighted by atomic mass is 32.2. The smallest absolute Gasteiger partial charge is 0.303 e. The van der Waals surface area contributed by atoms with Crippen LogP contribution in [0.2, 0.25) is 0 Å². The SMILES string of the molecule is CC(=O)O[C@@H]1[C@@H](OC(C)=O)[C@@H](Oc2cncc(-c3c(C)nn(C)c3C)c2)SC[C@H]1OC(C)=O. The average Bonchev–Trinajstić information content (AvgIpc) is 2.97. The summed E-state index contributed by atoms with van der Waals surface area (Å²) in [5, 5.41) is 4.44. The number of nitrogens with zero attached hydrogens (tertiary/aromatic N) is 3. The molecule has 4 atom stereocenters.